The lowest BCUT2D eigenvalue weighted by Gasteiger charge is -2.07. The number of rotatable bonds is 3. The summed E-state index contributed by atoms with van der Waals surface area (Å²) in [7, 11) is -2.10. The summed E-state index contributed by atoms with van der Waals surface area (Å²) in [5.41, 5.74) is 0.379. The third kappa shape index (κ3) is 2.39. The van der Waals surface area contributed by atoms with Gasteiger partial charge in [0, 0.05) is 12.7 Å². The van der Waals surface area contributed by atoms with Crippen LogP contribution in [-0.2, 0) is 17.1 Å². The Hall–Kier alpha value is -2.02. The first-order valence-corrected chi connectivity index (χ1v) is 6.27. The largest absolute Gasteiger partial charge is 0.508 e. The smallest absolute Gasteiger partial charge is 0.279 e. The van der Waals surface area contributed by atoms with Crippen LogP contribution in [0, 0.1) is 0 Å². The van der Waals surface area contributed by atoms with E-state index < -0.39 is 10.0 Å². The molecule has 0 aliphatic rings. The van der Waals surface area contributed by atoms with Crippen LogP contribution in [0.2, 0.25) is 0 Å². The van der Waals surface area contributed by atoms with Gasteiger partial charge in [-0.05, 0) is 30.3 Å². The molecule has 6 nitrogen and oxygen atoms in total. The third-order valence-corrected chi connectivity index (χ3v) is 3.63. The maximum Gasteiger partial charge on any atom is 0.279 e. The molecule has 1 aromatic carbocycles. The summed E-state index contributed by atoms with van der Waals surface area (Å²) in [4.78, 5) is 0. The minimum Gasteiger partial charge on any atom is -0.508 e. The van der Waals surface area contributed by atoms with Crippen LogP contribution in [0.4, 0.5) is 5.69 Å². The minimum atomic E-state index is -3.64. The molecule has 90 valence electrons. The standard InChI is InChI=1S/C10H11N3O3S/c1-13-10(6-7-11-13)17(15,16)12-8-2-4-9(14)5-3-8/h2-7,12,14H,1H3. The second-order valence-electron chi connectivity index (χ2n) is 3.45. The number of phenols is 1. The average molecular weight is 253 g/mol. The van der Waals surface area contributed by atoms with Crippen molar-refractivity contribution >= 4 is 15.7 Å². The first-order chi connectivity index (χ1) is 7.99. The number of aromatic nitrogens is 2. The molecule has 0 spiro atoms. The molecule has 2 N–H and O–H groups in total. The van der Waals surface area contributed by atoms with Crippen LogP contribution >= 0.6 is 0 Å². The maximum absolute atomic E-state index is 11.9. The average Bonchev–Trinajstić information content (AvgIpc) is 2.68. The Kier molecular flexibility index (Phi) is 2.76. The van der Waals surface area contributed by atoms with Gasteiger partial charge in [-0.15, -0.1) is 0 Å². The molecule has 2 aromatic rings. The zero-order valence-electron chi connectivity index (χ0n) is 9.03. The second kappa shape index (κ2) is 4.10. The van der Waals surface area contributed by atoms with Crippen LogP contribution in [0.5, 0.6) is 5.75 Å². The predicted molar refractivity (Wildman–Crippen MR) is 62.1 cm³/mol. The topological polar surface area (TPSA) is 84.2 Å². The third-order valence-electron chi connectivity index (χ3n) is 2.17. The predicted octanol–water partition coefficient (Wildman–Crippen LogP) is 0.926. The summed E-state index contributed by atoms with van der Waals surface area (Å²) in [6, 6.07) is 7.16. The molecule has 0 saturated carbocycles. The van der Waals surface area contributed by atoms with Crippen molar-refractivity contribution in [2.45, 2.75) is 5.03 Å². The molecule has 0 fully saturated rings. The van der Waals surface area contributed by atoms with Gasteiger partial charge in [0.25, 0.3) is 10.0 Å². The first-order valence-electron chi connectivity index (χ1n) is 4.79. The Labute approximate surface area is 98.6 Å². The van der Waals surface area contributed by atoms with Crippen LogP contribution < -0.4 is 4.72 Å². The lowest BCUT2D eigenvalue weighted by molar-refractivity contribution is 0.475. The number of aryl methyl sites for hydroxylation is 1. The molecule has 0 radical (unpaired) electrons. The number of sulfonamides is 1. The van der Waals surface area contributed by atoms with E-state index in [4.69, 9.17) is 5.11 Å². The van der Waals surface area contributed by atoms with Crippen molar-refractivity contribution in [2.24, 2.45) is 7.05 Å². The second-order valence-corrected chi connectivity index (χ2v) is 5.07. The molecule has 17 heavy (non-hydrogen) atoms. The van der Waals surface area contributed by atoms with Gasteiger partial charge in [0.05, 0.1) is 6.20 Å². The highest BCUT2D eigenvalue weighted by atomic mass is 32.2. The van der Waals surface area contributed by atoms with Crippen molar-refractivity contribution in [3.63, 3.8) is 0 Å². The molecule has 0 aliphatic carbocycles. The van der Waals surface area contributed by atoms with E-state index in [9.17, 15) is 8.42 Å². The van der Waals surface area contributed by atoms with E-state index >= 15 is 0 Å². The number of aromatic hydroxyl groups is 1. The number of nitrogens with one attached hydrogen (secondary N) is 1. The highest BCUT2D eigenvalue weighted by molar-refractivity contribution is 7.92. The van der Waals surface area contributed by atoms with Crippen molar-refractivity contribution < 1.29 is 13.5 Å². The van der Waals surface area contributed by atoms with E-state index in [1.54, 1.807) is 7.05 Å². The molecule has 2 rings (SSSR count). The summed E-state index contributed by atoms with van der Waals surface area (Å²) < 4.78 is 27.5. The van der Waals surface area contributed by atoms with Gasteiger partial charge in [0.2, 0.25) is 0 Å². The molecule has 0 bridgehead atoms. The summed E-state index contributed by atoms with van der Waals surface area (Å²) in [5.74, 6) is 0.0773. The quantitative estimate of drug-likeness (QED) is 0.797. The summed E-state index contributed by atoms with van der Waals surface area (Å²) in [6.07, 6.45) is 1.41. The fourth-order valence-electron chi connectivity index (χ4n) is 1.36. The van der Waals surface area contributed by atoms with Crippen molar-refractivity contribution in [3.05, 3.63) is 36.5 Å². The van der Waals surface area contributed by atoms with Gasteiger partial charge in [-0.25, -0.2) is 0 Å². The Morgan fingerprint density at radius 2 is 1.88 bits per heavy atom. The molecule has 1 aromatic heterocycles. The van der Waals surface area contributed by atoms with E-state index in [1.807, 2.05) is 0 Å². The molecule has 0 aliphatic heterocycles. The zero-order chi connectivity index (χ0) is 12.5. The van der Waals surface area contributed by atoms with Gasteiger partial charge in [-0.1, -0.05) is 0 Å². The van der Waals surface area contributed by atoms with Crippen LogP contribution in [0.1, 0.15) is 0 Å². The molecule has 0 saturated heterocycles. The van der Waals surface area contributed by atoms with Crippen molar-refractivity contribution in [3.8, 4) is 5.75 Å². The van der Waals surface area contributed by atoms with Gasteiger partial charge >= 0.3 is 0 Å². The van der Waals surface area contributed by atoms with Gasteiger partial charge in [0.15, 0.2) is 5.03 Å². The van der Waals surface area contributed by atoms with Crippen molar-refractivity contribution in [1.82, 2.24) is 9.78 Å². The van der Waals surface area contributed by atoms with Crippen molar-refractivity contribution in [1.29, 1.82) is 0 Å². The highest BCUT2D eigenvalue weighted by Gasteiger charge is 2.17. The van der Waals surface area contributed by atoms with E-state index in [-0.39, 0.29) is 10.8 Å². The van der Waals surface area contributed by atoms with Gasteiger partial charge in [0.1, 0.15) is 5.75 Å². The number of anilines is 1. The van der Waals surface area contributed by atoms with E-state index in [0.29, 0.717) is 5.69 Å². The summed E-state index contributed by atoms with van der Waals surface area (Å²) in [5, 5.41) is 13.0. The van der Waals surface area contributed by atoms with Crippen LogP contribution in [0.15, 0.2) is 41.6 Å². The lowest BCUT2D eigenvalue weighted by atomic mass is 10.3. The Morgan fingerprint density at radius 3 is 2.41 bits per heavy atom. The number of hydrogen-bond donors (Lipinski definition) is 2. The Balaban J connectivity index is 2.30. The first kappa shape index (κ1) is 11.5. The minimum absolute atomic E-state index is 0.0746. The monoisotopic (exact) mass is 253 g/mol. The van der Waals surface area contributed by atoms with Crippen LogP contribution in [-0.4, -0.2) is 23.3 Å². The molecule has 0 atom stereocenters. The SMILES string of the molecule is Cn1nccc1S(=O)(=O)Nc1ccc(O)cc1. The van der Waals surface area contributed by atoms with Gasteiger partial charge < -0.3 is 5.11 Å². The van der Waals surface area contributed by atoms with Crippen LogP contribution in [0.3, 0.4) is 0 Å². The van der Waals surface area contributed by atoms with Gasteiger partial charge in [-0.3, -0.25) is 9.40 Å². The maximum atomic E-state index is 11.9. The molecule has 1 heterocycles. The highest BCUT2D eigenvalue weighted by Crippen LogP contribution is 2.17. The van der Waals surface area contributed by atoms with Gasteiger partial charge in [-0.2, -0.15) is 13.5 Å². The zero-order valence-corrected chi connectivity index (χ0v) is 9.85. The normalized spacial score (nSPS) is 11.4. The van der Waals surface area contributed by atoms with Crippen molar-refractivity contribution in [2.75, 3.05) is 4.72 Å². The molecule has 0 amide bonds. The Bertz CT molecular complexity index is 617. The molecular weight excluding hydrogens is 242 g/mol. The van der Waals surface area contributed by atoms with Crippen LogP contribution in [0.25, 0.3) is 0 Å². The molecule has 0 unspecified atom stereocenters. The number of nitrogens with zero attached hydrogens (tertiary/aromatic N) is 2. The Morgan fingerprint density at radius 1 is 1.24 bits per heavy atom. The fraction of sp³-hybridized carbons (Fsp3) is 0.100. The molecular formula is C10H11N3O3S. The van der Waals surface area contributed by atoms with E-state index in [1.165, 1.54) is 41.2 Å². The number of phenolic OH excluding ortho intramolecular Hbond substituents is 1. The lowest BCUT2D eigenvalue weighted by Crippen LogP contribution is -2.16. The number of benzene rings is 1. The fourth-order valence-corrected chi connectivity index (χ4v) is 2.55. The summed E-state index contributed by atoms with van der Waals surface area (Å²) in [6.45, 7) is 0. The summed E-state index contributed by atoms with van der Waals surface area (Å²) >= 11 is 0. The molecule has 7 heteroatoms. The van der Waals surface area contributed by atoms with E-state index in [0.717, 1.165) is 0 Å². The number of hydrogen-bond acceptors (Lipinski definition) is 4. The van der Waals surface area contributed by atoms with E-state index in [2.05, 4.69) is 9.82 Å².